The van der Waals surface area contributed by atoms with E-state index in [-0.39, 0.29) is 18.3 Å². The number of nitrogens with one attached hydrogen (secondary N) is 1. The summed E-state index contributed by atoms with van der Waals surface area (Å²) in [5.74, 6) is -0.376. The van der Waals surface area contributed by atoms with Gasteiger partial charge in [0.2, 0.25) is 0 Å². The average molecular weight is 440 g/mol. The van der Waals surface area contributed by atoms with E-state index in [0.717, 1.165) is 16.8 Å². The predicted octanol–water partition coefficient (Wildman–Crippen LogP) is 4.74. The van der Waals surface area contributed by atoms with Crippen LogP contribution in [0.3, 0.4) is 0 Å². The first-order valence-electron chi connectivity index (χ1n) is 10.9. The third-order valence-corrected chi connectivity index (χ3v) is 5.16. The Morgan fingerprint density at radius 2 is 2.03 bits per heavy atom. The van der Waals surface area contributed by atoms with E-state index in [1.165, 1.54) is 6.07 Å². The van der Waals surface area contributed by atoms with Gasteiger partial charge < -0.3 is 15.0 Å². The second-order valence-electron chi connectivity index (χ2n) is 8.75. The van der Waals surface area contributed by atoms with Gasteiger partial charge in [0.05, 0.1) is 11.3 Å². The van der Waals surface area contributed by atoms with E-state index >= 15 is 0 Å². The zero-order valence-corrected chi connectivity index (χ0v) is 19.1. The van der Waals surface area contributed by atoms with E-state index < -0.39 is 11.7 Å². The lowest BCUT2D eigenvalue weighted by atomic mass is 9.96. The Kier molecular flexibility index (Phi) is 7.28. The molecule has 1 N–H and O–H groups in total. The van der Waals surface area contributed by atoms with Crippen LogP contribution in [-0.4, -0.2) is 40.6 Å². The Labute approximate surface area is 188 Å². The molecule has 7 heteroatoms. The molecule has 1 aromatic carbocycles. The van der Waals surface area contributed by atoms with Gasteiger partial charge in [0.15, 0.2) is 0 Å². The lowest BCUT2D eigenvalue weighted by Crippen LogP contribution is -2.35. The number of amides is 2. The van der Waals surface area contributed by atoms with Crippen molar-refractivity contribution in [3.05, 3.63) is 70.8 Å². The van der Waals surface area contributed by atoms with Crippen LogP contribution in [0.4, 0.5) is 9.18 Å². The van der Waals surface area contributed by atoms with E-state index in [1.807, 2.05) is 13.0 Å². The topological polar surface area (TPSA) is 71.5 Å². The summed E-state index contributed by atoms with van der Waals surface area (Å²) in [5.41, 5.74) is 2.94. The molecule has 1 aliphatic rings. The van der Waals surface area contributed by atoms with Gasteiger partial charge in [-0.05, 0) is 69.0 Å². The molecule has 1 aliphatic heterocycles. The quantitative estimate of drug-likeness (QED) is 0.731. The number of hydrogen-bond acceptors (Lipinski definition) is 4. The summed E-state index contributed by atoms with van der Waals surface area (Å²) in [6.07, 6.45) is 4.31. The van der Waals surface area contributed by atoms with Crippen LogP contribution in [0.1, 0.15) is 61.3 Å². The van der Waals surface area contributed by atoms with Crippen LogP contribution < -0.4 is 5.32 Å². The fraction of sp³-hybridized carbons (Fsp3) is 0.400. The minimum Gasteiger partial charge on any atom is -0.444 e. The molecule has 0 aliphatic carbocycles. The molecule has 0 bridgehead atoms. The molecule has 2 aromatic rings. The number of alkyl carbamates (subject to hydrolysis) is 1. The number of nitrogens with zero attached hydrogens (tertiary/aromatic N) is 2. The molecule has 0 spiro atoms. The number of aryl methyl sites for hydroxylation is 1. The molecule has 0 atom stereocenters. The molecule has 0 saturated heterocycles. The van der Waals surface area contributed by atoms with Crippen LogP contribution in [-0.2, 0) is 17.7 Å². The highest BCUT2D eigenvalue weighted by atomic mass is 19.1. The smallest absolute Gasteiger partial charge is 0.407 e. The fourth-order valence-corrected chi connectivity index (χ4v) is 3.60. The zero-order chi connectivity index (χ0) is 23.3. The van der Waals surface area contributed by atoms with E-state index in [9.17, 15) is 14.0 Å². The first-order valence-corrected chi connectivity index (χ1v) is 10.9. The summed E-state index contributed by atoms with van der Waals surface area (Å²) < 4.78 is 19.8. The Morgan fingerprint density at radius 3 is 2.69 bits per heavy atom. The van der Waals surface area contributed by atoms with Crippen molar-refractivity contribution in [2.45, 2.75) is 52.7 Å². The van der Waals surface area contributed by atoms with Gasteiger partial charge in [-0.15, -0.1) is 0 Å². The van der Waals surface area contributed by atoms with Crippen LogP contribution in [0.5, 0.6) is 0 Å². The number of hydrogen-bond donors (Lipinski definition) is 1. The molecule has 0 fully saturated rings. The Bertz CT molecular complexity index is 1030. The van der Waals surface area contributed by atoms with Crippen LogP contribution in [0.25, 0.3) is 5.57 Å². The van der Waals surface area contributed by atoms with Crippen molar-refractivity contribution in [2.75, 3.05) is 13.1 Å². The van der Waals surface area contributed by atoms with Gasteiger partial charge in [-0.25, -0.2) is 9.18 Å². The third-order valence-electron chi connectivity index (χ3n) is 5.16. The van der Waals surface area contributed by atoms with Crippen molar-refractivity contribution in [3.63, 3.8) is 0 Å². The van der Waals surface area contributed by atoms with Crippen molar-refractivity contribution in [1.29, 1.82) is 0 Å². The highest BCUT2D eigenvalue weighted by Gasteiger charge is 2.23. The minimum absolute atomic E-state index is 0.0546. The highest BCUT2D eigenvalue weighted by molar-refractivity contribution is 5.95. The summed E-state index contributed by atoms with van der Waals surface area (Å²) >= 11 is 0. The van der Waals surface area contributed by atoms with Gasteiger partial charge in [0.1, 0.15) is 11.4 Å². The lowest BCUT2D eigenvalue weighted by molar-refractivity contribution is 0.0523. The maximum absolute atomic E-state index is 14.6. The largest absolute Gasteiger partial charge is 0.444 e. The number of benzene rings is 1. The van der Waals surface area contributed by atoms with E-state index in [1.54, 1.807) is 56.1 Å². The number of carbonyl (C=O) groups is 2. The first-order chi connectivity index (χ1) is 15.2. The lowest BCUT2D eigenvalue weighted by Gasteiger charge is -2.27. The Hall–Kier alpha value is -3.22. The van der Waals surface area contributed by atoms with E-state index in [4.69, 9.17) is 4.74 Å². The molecule has 1 aromatic heterocycles. The number of halogens is 1. The van der Waals surface area contributed by atoms with Crippen molar-refractivity contribution in [3.8, 4) is 0 Å². The molecule has 6 nitrogen and oxygen atoms in total. The summed E-state index contributed by atoms with van der Waals surface area (Å²) in [5, 5.41) is 2.69. The molecule has 0 saturated carbocycles. The Morgan fingerprint density at radius 1 is 1.25 bits per heavy atom. The van der Waals surface area contributed by atoms with Crippen molar-refractivity contribution in [2.24, 2.45) is 0 Å². The van der Waals surface area contributed by atoms with Crippen molar-refractivity contribution < 1.29 is 18.7 Å². The van der Waals surface area contributed by atoms with Crippen LogP contribution >= 0.6 is 0 Å². The predicted molar refractivity (Wildman–Crippen MR) is 122 cm³/mol. The van der Waals surface area contributed by atoms with Crippen LogP contribution in [0.2, 0.25) is 0 Å². The van der Waals surface area contributed by atoms with Crippen molar-refractivity contribution >= 4 is 17.6 Å². The molecule has 3 rings (SSSR count). The molecule has 0 radical (unpaired) electrons. The van der Waals surface area contributed by atoms with E-state index in [2.05, 4.69) is 10.3 Å². The van der Waals surface area contributed by atoms with Gasteiger partial charge in [-0.3, -0.25) is 9.78 Å². The maximum atomic E-state index is 14.6. The Balaban J connectivity index is 1.68. The summed E-state index contributed by atoms with van der Waals surface area (Å²) in [4.78, 5) is 30.9. The standard InChI is InChI=1S/C25H30FN3O3/c1-5-22-19(7-6-12-27-22)23(30)29-13-10-18(11-14-29)20-15-17(8-9-21(20)26)16-28-24(31)32-25(2,3)4/h6-10,12,15H,5,11,13-14,16H2,1-4H3,(H,28,31). The highest BCUT2D eigenvalue weighted by Crippen LogP contribution is 2.27. The molecule has 2 amide bonds. The number of ether oxygens (including phenoxy) is 1. The summed E-state index contributed by atoms with van der Waals surface area (Å²) in [7, 11) is 0. The number of carbonyl (C=O) groups excluding carboxylic acids is 2. The molecular weight excluding hydrogens is 409 g/mol. The first kappa shape index (κ1) is 23.4. The average Bonchev–Trinajstić information content (AvgIpc) is 2.77. The molecule has 0 unspecified atom stereocenters. The van der Waals surface area contributed by atoms with Gasteiger partial charge in [0.25, 0.3) is 5.91 Å². The van der Waals surface area contributed by atoms with Gasteiger partial charge in [-0.1, -0.05) is 19.1 Å². The van der Waals surface area contributed by atoms with E-state index in [0.29, 0.717) is 37.1 Å². The van der Waals surface area contributed by atoms with Crippen LogP contribution in [0.15, 0.2) is 42.6 Å². The number of rotatable bonds is 5. The maximum Gasteiger partial charge on any atom is 0.407 e. The molecule has 2 heterocycles. The SMILES string of the molecule is CCc1ncccc1C(=O)N1CC=C(c2cc(CNC(=O)OC(C)(C)C)ccc2F)CC1. The minimum atomic E-state index is -0.581. The van der Waals surface area contributed by atoms with Crippen molar-refractivity contribution in [1.82, 2.24) is 15.2 Å². The molecular formula is C25H30FN3O3. The normalized spacial score (nSPS) is 14.0. The number of aromatic nitrogens is 1. The molecule has 170 valence electrons. The van der Waals surface area contributed by atoms with Gasteiger partial charge in [0, 0.05) is 31.4 Å². The second-order valence-corrected chi connectivity index (χ2v) is 8.75. The third kappa shape index (κ3) is 5.93. The monoisotopic (exact) mass is 439 g/mol. The molecule has 32 heavy (non-hydrogen) atoms. The fourth-order valence-electron chi connectivity index (χ4n) is 3.60. The number of pyridine rings is 1. The van der Waals surface area contributed by atoms with Crippen LogP contribution in [0, 0.1) is 5.82 Å². The summed E-state index contributed by atoms with van der Waals surface area (Å²) in [6.45, 7) is 8.51. The second kappa shape index (κ2) is 9.94. The van der Waals surface area contributed by atoms with Gasteiger partial charge >= 0.3 is 6.09 Å². The van der Waals surface area contributed by atoms with Gasteiger partial charge in [-0.2, -0.15) is 0 Å². The summed E-state index contributed by atoms with van der Waals surface area (Å²) in [6, 6.07) is 8.36. The zero-order valence-electron chi connectivity index (χ0n) is 19.1.